The molecule has 3 rings (SSSR count). The monoisotopic (exact) mass is 395 g/mol. The van der Waals surface area contributed by atoms with Gasteiger partial charge in [-0.1, -0.05) is 6.92 Å². The van der Waals surface area contributed by atoms with E-state index in [1.165, 1.54) is 6.07 Å². The van der Waals surface area contributed by atoms with Crippen LogP contribution >= 0.6 is 0 Å². The highest BCUT2D eigenvalue weighted by Gasteiger charge is 2.20. The Balaban J connectivity index is 1.69. The van der Waals surface area contributed by atoms with Crippen molar-refractivity contribution in [3.8, 4) is 17.2 Å². The third-order valence-corrected chi connectivity index (χ3v) is 3.97. The van der Waals surface area contributed by atoms with Gasteiger partial charge < -0.3 is 29.3 Å². The van der Waals surface area contributed by atoms with Crippen LogP contribution in [-0.2, 0) is 13.0 Å². The summed E-state index contributed by atoms with van der Waals surface area (Å²) in [6.07, 6.45) is 3.25. The Morgan fingerprint density at radius 2 is 2.00 bits per heavy atom. The fraction of sp³-hybridized carbons (Fsp3) is 0.421. The molecule has 28 heavy (non-hydrogen) atoms. The molecule has 0 radical (unpaired) electrons. The van der Waals surface area contributed by atoms with Crippen molar-refractivity contribution in [1.29, 1.82) is 0 Å². The smallest absolute Gasteiger partial charge is 0.387 e. The zero-order valence-corrected chi connectivity index (χ0v) is 15.5. The summed E-state index contributed by atoms with van der Waals surface area (Å²) in [5.41, 5.74) is 0.480. The molecule has 1 aliphatic rings. The largest absolute Gasteiger partial charge is 0.469 e. The molecule has 1 aromatic carbocycles. The van der Waals surface area contributed by atoms with E-state index in [4.69, 9.17) is 13.9 Å². The lowest BCUT2D eigenvalue weighted by molar-refractivity contribution is -0.0505. The number of hydrogen-bond donors (Lipinski definition) is 2. The average Bonchev–Trinajstić information content (AvgIpc) is 3.34. The van der Waals surface area contributed by atoms with Gasteiger partial charge in [-0.3, -0.25) is 0 Å². The van der Waals surface area contributed by atoms with Crippen LogP contribution in [0.4, 0.5) is 8.78 Å². The van der Waals surface area contributed by atoms with E-state index in [-0.39, 0.29) is 19.1 Å². The Kier molecular flexibility index (Phi) is 6.94. The standard InChI is InChI=1S/C19H23F2N3O4/c1-2-6-22-19(23-7-5-14-4-3-8-25-14)24-11-13-9-16-17(27-12-26-16)10-15(13)28-18(20)21/h3-4,8-10,18H,2,5-7,11-12H2,1H3,(H2,22,23,24). The topological polar surface area (TPSA) is 77.3 Å². The Morgan fingerprint density at radius 1 is 1.21 bits per heavy atom. The molecule has 0 unspecified atom stereocenters. The molecule has 9 heteroatoms. The minimum absolute atomic E-state index is 0.0217. The molecule has 0 atom stereocenters. The van der Waals surface area contributed by atoms with Gasteiger partial charge in [-0.2, -0.15) is 8.78 Å². The Bertz CT molecular complexity index is 782. The SMILES string of the molecule is CCCNC(=NCc1cc2c(cc1OC(F)F)OCO2)NCCc1ccco1. The number of rotatable bonds is 9. The van der Waals surface area contributed by atoms with Gasteiger partial charge in [0.15, 0.2) is 17.5 Å². The molecule has 0 spiro atoms. The summed E-state index contributed by atoms with van der Waals surface area (Å²) in [6, 6.07) is 6.76. The number of halogens is 2. The van der Waals surface area contributed by atoms with Crippen LogP contribution in [0.15, 0.2) is 39.9 Å². The number of ether oxygens (including phenoxy) is 3. The van der Waals surface area contributed by atoms with Crippen molar-refractivity contribution in [2.75, 3.05) is 19.9 Å². The van der Waals surface area contributed by atoms with Crippen molar-refractivity contribution in [3.63, 3.8) is 0 Å². The van der Waals surface area contributed by atoms with Crippen LogP contribution in [0.5, 0.6) is 17.2 Å². The van der Waals surface area contributed by atoms with Crippen molar-refractivity contribution in [1.82, 2.24) is 10.6 Å². The summed E-state index contributed by atoms with van der Waals surface area (Å²) in [5.74, 6) is 2.33. The van der Waals surface area contributed by atoms with Crippen molar-refractivity contribution in [2.45, 2.75) is 32.9 Å². The van der Waals surface area contributed by atoms with E-state index < -0.39 is 6.61 Å². The number of hydrogen-bond acceptors (Lipinski definition) is 5. The van der Waals surface area contributed by atoms with E-state index in [0.29, 0.717) is 36.0 Å². The Hall–Kier alpha value is -2.97. The van der Waals surface area contributed by atoms with Crippen molar-refractivity contribution in [3.05, 3.63) is 41.9 Å². The number of alkyl halides is 2. The maximum absolute atomic E-state index is 12.8. The van der Waals surface area contributed by atoms with Gasteiger partial charge in [0.25, 0.3) is 0 Å². The third kappa shape index (κ3) is 5.51. The van der Waals surface area contributed by atoms with Gasteiger partial charge in [0.2, 0.25) is 6.79 Å². The lowest BCUT2D eigenvalue weighted by Crippen LogP contribution is -2.38. The van der Waals surface area contributed by atoms with E-state index in [1.807, 2.05) is 19.1 Å². The van der Waals surface area contributed by atoms with E-state index in [0.717, 1.165) is 18.7 Å². The first kappa shape index (κ1) is 19.8. The summed E-state index contributed by atoms with van der Waals surface area (Å²) < 4.78 is 46.0. The van der Waals surface area contributed by atoms with Crippen LogP contribution in [0.3, 0.4) is 0 Å². The molecule has 0 bridgehead atoms. The minimum Gasteiger partial charge on any atom is -0.469 e. The van der Waals surface area contributed by atoms with E-state index in [1.54, 1.807) is 12.3 Å². The number of fused-ring (bicyclic) bond motifs is 1. The van der Waals surface area contributed by atoms with Gasteiger partial charge in [-0.05, 0) is 24.6 Å². The fourth-order valence-electron chi connectivity index (χ4n) is 2.64. The van der Waals surface area contributed by atoms with Crippen LogP contribution in [0, 0.1) is 0 Å². The third-order valence-electron chi connectivity index (χ3n) is 3.97. The summed E-state index contributed by atoms with van der Waals surface area (Å²) in [5, 5.41) is 6.41. The van der Waals surface area contributed by atoms with Crippen molar-refractivity contribution in [2.24, 2.45) is 4.99 Å². The lowest BCUT2D eigenvalue weighted by atomic mass is 10.1. The zero-order valence-electron chi connectivity index (χ0n) is 15.5. The van der Waals surface area contributed by atoms with Crippen LogP contribution in [-0.4, -0.2) is 32.5 Å². The molecule has 0 amide bonds. The molecule has 7 nitrogen and oxygen atoms in total. The molecule has 2 heterocycles. The number of nitrogens with zero attached hydrogens (tertiary/aromatic N) is 1. The van der Waals surface area contributed by atoms with E-state index in [9.17, 15) is 8.78 Å². The van der Waals surface area contributed by atoms with Gasteiger partial charge in [0.1, 0.15) is 11.5 Å². The normalized spacial score (nSPS) is 13.1. The van der Waals surface area contributed by atoms with E-state index >= 15 is 0 Å². The second-order valence-electron chi connectivity index (χ2n) is 6.04. The van der Waals surface area contributed by atoms with E-state index in [2.05, 4.69) is 20.4 Å². The minimum atomic E-state index is -2.94. The molecule has 0 aliphatic carbocycles. The van der Waals surface area contributed by atoms with Gasteiger partial charge in [0, 0.05) is 31.1 Å². The first-order chi connectivity index (χ1) is 13.7. The quantitative estimate of drug-likeness (QED) is 0.501. The van der Waals surface area contributed by atoms with Crippen LogP contribution in [0.2, 0.25) is 0 Å². The fourth-order valence-corrected chi connectivity index (χ4v) is 2.64. The number of guanidine groups is 1. The second-order valence-corrected chi connectivity index (χ2v) is 6.04. The number of benzene rings is 1. The first-order valence-corrected chi connectivity index (χ1v) is 9.07. The zero-order chi connectivity index (χ0) is 19.8. The summed E-state index contributed by atoms with van der Waals surface area (Å²) in [4.78, 5) is 4.49. The molecule has 152 valence electrons. The van der Waals surface area contributed by atoms with Crippen molar-refractivity contribution < 1.29 is 27.4 Å². The van der Waals surface area contributed by atoms with Gasteiger partial charge in [-0.25, -0.2) is 4.99 Å². The van der Waals surface area contributed by atoms with Crippen molar-refractivity contribution >= 4 is 5.96 Å². The second kappa shape index (κ2) is 9.82. The average molecular weight is 395 g/mol. The molecule has 1 aliphatic heterocycles. The first-order valence-electron chi connectivity index (χ1n) is 9.07. The number of aliphatic imine (C=N–C) groups is 1. The summed E-state index contributed by atoms with van der Waals surface area (Å²) in [6.45, 7) is 0.637. The molecule has 0 saturated carbocycles. The highest BCUT2D eigenvalue weighted by Crippen LogP contribution is 2.39. The maximum atomic E-state index is 12.8. The predicted octanol–water partition coefficient (Wildman–Crippen LogP) is 3.30. The van der Waals surface area contributed by atoms with Gasteiger partial charge >= 0.3 is 6.61 Å². The molecule has 0 fully saturated rings. The van der Waals surface area contributed by atoms with Gasteiger partial charge in [0.05, 0.1) is 12.8 Å². The molecular weight excluding hydrogens is 372 g/mol. The number of furan rings is 1. The highest BCUT2D eigenvalue weighted by atomic mass is 19.3. The Labute approximate surface area is 161 Å². The summed E-state index contributed by atoms with van der Waals surface area (Å²) >= 11 is 0. The van der Waals surface area contributed by atoms with Crippen LogP contribution in [0.25, 0.3) is 0 Å². The lowest BCUT2D eigenvalue weighted by Gasteiger charge is -2.13. The van der Waals surface area contributed by atoms with Crippen LogP contribution in [0.1, 0.15) is 24.7 Å². The van der Waals surface area contributed by atoms with Gasteiger partial charge in [-0.15, -0.1) is 0 Å². The maximum Gasteiger partial charge on any atom is 0.387 e. The molecule has 2 aromatic rings. The summed E-state index contributed by atoms with van der Waals surface area (Å²) in [7, 11) is 0. The molecule has 0 saturated heterocycles. The predicted molar refractivity (Wildman–Crippen MR) is 99.0 cm³/mol. The Morgan fingerprint density at radius 3 is 2.71 bits per heavy atom. The molecular formula is C19H23F2N3O4. The molecule has 2 N–H and O–H groups in total. The highest BCUT2D eigenvalue weighted by molar-refractivity contribution is 5.79. The number of nitrogens with one attached hydrogen (secondary N) is 2. The molecule has 1 aromatic heterocycles. The van der Waals surface area contributed by atoms with Crippen LogP contribution < -0.4 is 24.8 Å².